The molecule has 6 heteroatoms. The standard InChI is InChI=1S/C21H13FO5/c1-12-8-15(26-21(24)16-6-3-7-25-16)11-17-19(12)20(23)18(27-17)10-13-4-2-5-14(22)9-13/h2-11H,1H3/b18-10-. The normalized spacial score (nSPS) is 14.1. The van der Waals surface area contributed by atoms with Crippen molar-refractivity contribution in [1.82, 2.24) is 0 Å². The van der Waals surface area contributed by atoms with E-state index in [2.05, 4.69) is 0 Å². The third-order valence-corrected chi connectivity index (χ3v) is 4.02. The van der Waals surface area contributed by atoms with Gasteiger partial charge in [-0.05, 0) is 54.5 Å². The molecule has 0 N–H and O–H groups in total. The molecule has 27 heavy (non-hydrogen) atoms. The predicted octanol–water partition coefficient (Wildman–Crippen LogP) is 4.56. The van der Waals surface area contributed by atoms with Gasteiger partial charge in [-0.2, -0.15) is 0 Å². The molecule has 0 unspecified atom stereocenters. The van der Waals surface area contributed by atoms with Gasteiger partial charge in [0.05, 0.1) is 11.8 Å². The number of ketones is 1. The van der Waals surface area contributed by atoms with E-state index in [1.54, 1.807) is 31.2 Å². The Morgan fingerprint density at radius 2 is 2.00 bits per heavy atom. The molecule has 0 atom stereocenters. The SMILES string of the molecule is Cc1cc(OC(=O)c2ccco2)cc2c1C(=O)/C(=C/c1cccc(F)c1)O2. The van der Waals surface area contributed by atoms with Gasteiger partial charge in [-0.15, -0.1) is 0 Å². The smallest absolute Gasteiger partial charge is 0.379 e. The number of halogens is 1. The van der Waals surface area contributed by atoms with E-state index in [-0.39, 0.29) is 28.8 Å². The number of furan rings is 1. The second kappa shape index (κ2) is 6.57. The average Bonchev–Trinajstić information content (AvgIpc) is 3.24. The summed E-state index contributed by atoms with van der Waals surface area (Å²) in [5.74, 6) is -0.715. The van der Waals surface area contributed by atoms with Crippen molar-refractivity contribution < 1.29 is 27.9 Å². The molecule has 134 valence electrons. The van der Waals surface area contributed by atoms with E-state index in [0.29, 0.717) is 16.7 Å². The molecule has 4 rings (SSSR count). The fourth-order valence-corrected chi connectivity index (χ4v) is 2.84. The predicted molar refractivity (Wildman–Crippen MR) is 94.2 cm³/mol. The monoisotopic (exact) mass is 364 g/mol. The summed E-state index contributed by atoms with van der Waals surface area (Å²) < 4.78 is 29.3. The van der Waals surface area contributed by atoms with Gasteiger partial charge < -0.3 is 13.9 Å². The number of allylic oxidation sites excluding steroid dienone is 1. The van der Waals surface area contributed by atoms with Crippen LogP contribution in [0.2, 0.25) is 0 Å². The van der Waals surface area contributed by atoms with Crippen LogP contribution in [0.4, 0.5) is 4.39 Å². The maximum Gasteiger partial charge on any atom is 0.379 e. The van der Waals surface area contributed by atoms with Gasteiger partial charge in [-0.3, -0.25) is 4.79 Å². The lowest BCUT2D eigenvalue weighted by Gasteiger charge is -2.06. The van der Waals surface area contributed by atoms with Crippen LogP contribution in [-0.4, -0.2) is 11.8 Å². The fraction of sp³-hybridized carbons (Fsp3) is 0.0476. The summed E-state index contributed by atoms with van der Waals surface area (Å²) >= 11 is 0. The highest BCUT2D eigenvalue weighted by molar-refractivity contribution is 6.15. The summed E-state index contributed by atoms with van der Waals surface area (Å²) in [5, 5.41) is 0. The van der Waals surface area contributed by atoms with Gasteiger partial charge in [-0.25, -0.2) is 9.18 Å². The van der Waals surface area contributed by atoms with Crippen LogP contribution in [0.15, 0.2) is 65.0 Å². The molecule has 0 aliphatic carbocycles. The minimum Gasteiger partial charge on any atom is -0.457 e. The molecule has 0 radical (unpaired) electrons. The molecule has 0 saturated heterocycles. The highest BCUT2D eigenvalue weighted by Crippen LogP contribution is 2.37. The Morgan fingerprint density at radius 1 is 1.15 bits per heavy atom. The minimum atomic E-state index is -0.654. The van der Waals surface area contributed by atoms with Crippen molar-refractivity contribution in [2.45, 2.75) is 6.92 Å². The van der Waals surface area contributed by atoms with Gasteiger partial charge >= 0.3 is 5.97 Å². The van der Waals surface area contributed by atoms with Crippen LogP contribution in [-0.2, 0) is 0 Å². The van der Waals surface area contributed by atoms with E-state index in [1.165, 1.54) is 36.6 Å². The van der Waals surface area contributed by atoms with Crippen LogP contribution in [0.5, 0.6) is 11.5 Å². The number of aryl methyl sites for hydroxylation is 1. The van der Waals surface area contributed by atoms with E-state index >= 15 is 0 Å². The minimum absolute atomic E-state index is 0.0665. The van der Waals surface area contributed by atoms with Crippen LogP contribution >= 0.6 is 0 Å². The lowest BCUT2D eigenvalue weighted by Crippen LogP contribution is -2.07. The van der Waals surface area contributed by atoms with E-state index in [1.807, 2.05) is 0 Å². The van der Waals surface area contributed by atoms with Gasteiger partial charge in [0, 0.05) is 6.07 Å². The maximum absolute atomic E-state index is 13.3. The number of rotatable bonds is 3. The van der Waals surface area contributed by atoms with Gasteiger partial charge in [0.25, 0.3) is 0 Å². The van der Waals surface area contributed by atoms with Crippen LogP contribution in [0.3, 0.4) is 0 Å². The lowest BCUT2D eigenvalue weighted by atomic mass is 10.0. The number of carbonyl (C=O) groups is 2. The zero-order valence-corrected chi connectivity index (χ0v) is 14.2. The van der Waals surface area contributed by atoms with Crippen LogP contribution in [0.1, 0.15) is 32.0 Å². The number of esters is 1. The first-order valence-electron chi connectivity index (χ1n) is 8.11. The van der Waals surface area contributed by atoms with Crippen molar-refractivity contribution >= 4 is 17.8 Å². The summed E-state index contributed by atoms with van der Waals surface area (Å²) in [6, 6.07) is 11.9. The van der Waals surface area contributed by atoms with Crippen LogP contribution in [0, 0.1) is 12.7 Å². The molecule has 1 aromatic heterocycles. The Kier molecular flexibility index (Phi) is 4.08. The van der Waals surface area contributed by atoms with Gasteiger partial charge in [0.1, 0.15) is 17.3 Å². The molecule has 1 aliphatic heterocycles. The maximum atomic E-state index is 13.3. The van der Waals surface area contributed by atoms with Crippen LogP contribution < -0.4 is 9.47 Å². The van der Waals surface area contributed by atoms with Crippen molar-refractivity contribution in [3.05, 3.63) is 88.8 Å². The lowest BCUT2D eigenvalue weighted by molar-refractivity contribution is 0.0701. The van der Waals surface area contributed by atoms with Crippen molar-refractivity contribution in [1.29, 1.82) is 0 Å². The van der Waals surface area contributed by atoms with Crippen LogP contribution in [0.25, 0.3) is 6.08 Å². The number of hydrogen-bond donors (Lipinski definition) is 0. The fourth-order valence-electron chi connectivity index (χ4n) is 2.84. The third kappa shape index (κ3) is 3.25. The van der Waals surface area contributed by atoms with Crippen molar-refractivity contribution in [2.24, 2.45) is 0 Å². The molecule has 0 saturated carbocycles. The molecule has 0 fully saturated rings. The molecule has 2 heterocycles. The Balaban J connectivity index is 1.63. The van der Waals surface area contributed by atoms with Gasteiger partial charge in [0.15, 0.2) is 5.76 Å². The largest absolute Gasteiger partial charge is 0.457 e. The average molecular weight is 364 g/mol. The number of Topliss-reactive ketones (excluding diaryl/α,β-unsaturated/α-hetero) is 1. The molecule has 5 nitrogen and oxygen atoms in total. The topological polar surface area (TPSA) is 65.7 Å². The van der Waals surface area contributed by atoms with E-state index < -0.39 is 11.8 Å². The first-order chi connectivity index (χ1) is 13.0. The molecule has 0 amide bonds. The van der Waals surface area contributed by atoms with E-state index in [9.17, 15) is 14.0 Å². The number of fused-ring (bicyclic) bond motifs is 1. The molecular formula is C21H13FO5. The summed E-state index contributed by atoms with van der Waals surface area (Å²) in [4.78, 5) is 24.6. The van der Waals surface area contributed by atoms with Crippen molar-refractivity contribution in [2.75, 3.05) is 0 Å². The Hall–Kier alpha value is -3.67. The second-order valence-electron chi connectivity index (χ2n) is 5.97. The van der Waals surface area contributed by atoms with E-state index in [0.717, 1.165) is 0 Å². The first kappa shape index (κ1) is 16.8. The summed E-state index contributed by atoms with van der Waals surface area (Å²) in [6.07, 6.45) is 2.84. The molecule has 1 aliphatic rings. The Labute approximate surface area is 153 Å². The summed E-state index contributed by atoms with van der Waals surface area (Å²) in [5.41, 5.74) is 1.49. The molecular weight excluding hydrogens is 351 g/mol. The zero-order valence-electron chi connectivity index (χ0n) is 14.2. The van der Waals surface area contributed by atoms with Gasteiger partial charge in [0.2, 0.25) is 11.5 Å². The number of hydrogen-bond acceptors (Lipinski definition) is 5. The van der Waals surface area contributed by atoms with Gasteiger partial charge in [-0.1, -0.05) is 12.1 Å². The third-order valence-electron chi connectivity index (χ3n) is 4.02. The van der Waals surface area contributed by atoms with E-state index in [4.69, 9.17) is 13.9 Å². The Morgan fingerprint density at radius 3 is 2.74 bits per heavy atom. The first-order valence-corrected chi connectivity index (χ1v) is 8.11. The quantitative estimate of drug-likeness (QED) is 0.387. The van der Waals surface area contributed by atoms with Crippen molar-refractivity contribution in [3.8, 4) is 11.5 Å². The van der Waals surface area contributed by atoms with Crippen molar-refractivity contribution in [3.63, 3.8) is 0 Å². The summed E-state index contributed by atoms with van der Waals surface area (Å²) in [7, 11) is 0. The Bertz CT molecular complexity index is 1080. The number of carbonyl (C=O) groups excluding carboxylic acids is 2. The number of ether oxygens (including phenoxy) is 2. The molecule has 0 spiro atoms. The molecule has 3 aromatic rings. The summed E-state index contributed by atoms with van der Waals surface area (Å²) in [6.45, 7) is 1.72. The second-order valence-corrected chi connectivity index (χ2v) is 5.97. The zero-order chi connectivity index (χ0) is 19.0. The highest BCUT2D eigenvalue weighted by atomic mass is 19.1. The highest BCUT2D eigenvalue weighted by Gasteiger charge is 2.30. The number of benzene rings is 2. The molecule has 2 aromatic carbocycles. The molecule has 0 bridgehead atoms.